The van der Waals surface area contributed by atoms with E-state index in [1.165, 1.54) is 25.0 Å². The fraction of sp³-hybridized carbons (Fsp3) is 0.462. The molecule has 106 valence electrons. The lowest BCUT2D eigenvalue weighted by molar-refractivity contribution is 0.0651. The Labute approximate surface area is 110 Å². The van der Waals surface area contributed by atoms with Crippen LogP contribution in [0.1, 0.15) is 15.9 Å². The second-order valence-corrected chi connectivity index (χ2v) is 4.09. The lowest BCUT2D eigenvalue weighted by Crippen LogP contribution is -2.36. The van der Waals surface area contributed by atoms with Gasteiger partial charge in [-0.3, -0.25) is 4.79 Å². The first-order chi connectivity index (χ1) is 9.01. The summed E-state index contributed by atoms with van der Waals surface area (Å²) in [7, 11) is 1.48. The van der Waals surface area contributed by atoms with Gasteiger partial charge in [0.15, 0.2) is 0 Å². The SMILES string of the molecule is COCCN(CCO)C(=O)c1cc(C)c(F)cc1F. The number of benzene rings is 1. The summed E-state index contributed by atoms with van der Waals surface area (Å²) >= 11 is 0. The average Bonchev–Trinajstić information content (AvgIpc) is 2.38. The van der Waals surface area contributed by atoms with E-state index in [2.05, 4.69) is 0 Å². The summed E-state index contributed by atoms with van der Waals surface area (Å²) < 4.78 is 31.6. The maximum absolute atomic E-state index is 13.6. The molecule has 0 aromatic heterocycles. The zero-order valence-corrected chi connectivity index (χ0v) is 10.9. The highest BCUT2D eigenvalue weighted by Crippen LogP contribution is 2.16. The van der Waals surface area contributed by atoms with Gasteiger partial charge in [0, 0.05) is 26.3 Å². The third-order valence-electron chi connectivity index (χ3n) is 2.70. The number of aryl methyl sites for hydroxylation is 1. The first-order valence-electron chi connectivity index (χ1n) is 5.86. The third-order valence-corrected chi connectivity index (χ3v) is 2.70. The molecule has 0 saturated heterocycles. The molecule has 1 rings (SSSR count). The fourth-order valence-electron chi connectivity index (χ4n) is 1.63. The van der Waals surface area contributed by atoms with Gasteiger partial charge in [-0.25, -0.2) is 8.78 Å². The van der Waals surface area contributed by atoms with Gasteiger partial charge in [0.1, 0.15) is 11.6 Å². The summed E-state index contributed by atoms with van der Waals surface area (Å²) in [6.07, 6.45) is 0. The molecule has 0 atom stereocenters. The van der Waals surface area contributed by atoms with Gasteiger partial charge in [-0.15, -0.1) is 0 Å². The number of nitrogens with zero attached hydrogens (tertiary/aromatic N) is 1. The molecule has 1 aromatic rings. The minimum atomic E-state index is -0.909. The standard InChI is InChI=1S/C13H17F2NO3/c1-9-7-10(12(15)8-11(9)14)13(18)16(3-5-17)4-6-19-2/h7-8,17H,3-6H2,1-2H3. The molecule has 6 heteroatoms. The van der Waals surface area contributed by atoms with Crippen molar-refractivity contribution in [2.75, 3.05) is 33.4 Å². The van der Waals surface area contributed by atoms with E-state index in [1.54, 1.807) is 0 Å². The summed E-state index contributed by atoms with van der Waals surface area (Å²) in [4.78, 5) is 13.4. The van der Waals surface area contributed by atoms with Crippen LogP contribution in [0.5, 0.6) is 0 Å². The Kier molecular flexibility index (Phi) is 5.85. The molecule has 0 bridgehead atoms. The van der Waals surface area contributed by atoms with Gasteiger partial charge < -0.3 is 14.7 Å². The summed E-state index contributed by atoms with van der Waals surface area (Å²) in [5, 5.41) is 8.91. The third kappa shape index (κ3) is 3.97. The lowest BCUT2D eigenvalue weighted by atomic mass is 10.1. The van der Waals surface area contributed by atoms with Gasteiger partial charge in [0.25, 0.3) is 5.91 Å². The van der Waals surface area contributed by atoms with Gasteiger partial charge in [-0.1, -0.05) is 0 Å². The van der Waals surface area contributed by atoms with Crippen molar-refractivity contribution in [1.29, 1.82) is 0 Å². The van der Waals surface area contributed by atoms with E-state index in [-0.39, 0.29) is 37.4 Å². The van der Waals surface area contributed by atoms with Crippen LogP contribution in [0.3, 0.4) is 0 Å². The van der Waals surface area contributed by atoms with Crippen molar-refractivity contribution in [2.45, 2.75) is 6.92 Å². The van der Waals surface area contributed by atoms with Crippen molar-refractivity contribution in [3.63, 3.8) is 0 Å². The number of halogens is 2. The number of ether oxygens (including phenoxy) is 1. The number of carbonyl (C=O) groups excluding carboxylic acids is 1. The van der Waals surface area contributed by atoms with Crippen LogP contribution in [-0.4, -0.2) is 49.3 Å². The maximum Gasteiger partial charge on any atom is 0.256 e. The minimum absolute atomic E-state index is 0.0675. The molecule has 19 heavy (non-hydrogen) atoms. The predicted octanol–water partition coefficient (Wildman–Crippen LogP) is 1.35. The highest BCUT2D eigenvalue weighted by Gasteiger charge is 2.20. The second kappa shape index (κ2) is 7.16. The largest absolute Gasteiger partial charge is 0.395 e. The Morgan fingerprint density at radius 1 is 1.32 bits per heavy atom. The second-order valence-electron chi connectivity index (χ2n) is 4.09. The molecular formula is C13H17F2NO3. The zero-order chi connectivity index (χ0) is 14.4. The summed E-state index contributed by atoms with van der Waals surface area (Å²) in [5.41, 5.74) is -0.0103. The molecule has 0 aliphatic heterocycles. The number of hydrogen-bond donors (Lipinski definition) is 1. The van der Waals surface area contributed by atoms with Crippen LogP contribution in [0.2, 0.25) is 0 Å². The topological polar surface area (TPSA) is 49.8 Å². The van der Waals surface area contributed by atoms with E-state index >= 15 is 0 Å². The Bertz CT molecular complexity index is 452. The number of methoxy groups -OCH3 is 1. The van der Waals surface area contributed by atoms with E-state index in [0.29, 0.717) is 6.07 Å². The quantitative estimate of drug-likeness (QED) is 0.851. The number of amides is 1. The monoisotopic (exact) mass is 273 g/mol. The molecule has 0 unspecified atom stereocenters. The Morgan fingerprint density at radius 2 is 2.00 bits per heavy atom. The van der Waals surface area contributed by atoms with Crippen molar-refractivity contribution in [3.8, 4) is 0 Å². The summed E-state index contributed by atoms with van der Waals surface area (Å²) in [5.74, 6) is -2.19. The minimum Gasteiger partial charge on any atom is -0.395 e. The first-order valence-corrected chi connectivity index (χ1v) is 5.86. The molecule has 0 spiro atoms. The van der Waals surface area contributed by atoms with Crippen LogP contribution in [0.25, 0.3) is 0 Å². The van der Waals surface area contributed by atoms with E-state index in [9.17, 15) is 13.6 Å². The number of hydrogen-bond acceptors (Lipinski definition) is 3. The van der Waals surface area contributed by atoms with E-state index in [1.807, 2.05) is 0 Å². The first kappa shape index (κ1) is 15.5. The van der Waals surface area contributed by atoms with Gasteiger partial charge in [0.05, 0.1) is 18.8 Å². The van der Waals surface area contributed by atoms with Gasteiger partial charge in [-0.05, 0) is 18.6 Å². The van der Waals surface area contributed by atoms with E-state index in [4.69, 9.17) is 9.84 Å². The van der Waals surface area contributed by atoms with Crippen LogP contribution in [-0.2, 0) is 4.74 Å². The normalized spacial score (nSPS) is 10.6. The van der Waals surface area contributed by atoms with Crippen molar-refractivity contribution in [2.24, 2.45) is 0 Å². The Balaban J connectivity index is 2.98. The lowest BCUT2D eigenvalue weighted by Gasteiger charge is -2.21. The molecule has 1 N–H and O–H groups in total. The molecule has 1 aromatic carbocycles. The zero-order valence-electron chi connectivity index (χ0n) is 10.9. The number of carbonyl (C=O) groups is 1. The Hall–Kier alpha value is -1.53. The van der Waals surface area contributed by atoms with E-state index < -0.39 is 17.5 Å². The molecule has 0 saturated carbocycles. The van der Waals surface area contributed by atoms with Crippen LogP contribution >= 0.6 is 0 Å². The fourth-order valence-corrected chi connectivity index (χ4v) is 1.63. The maximum atomic E-state index is 13.6. The van der Waals surface area contributed by atoms with Gasteiger partial charge in [-0.2, -0.15) is 0 Å². The van der Waals surface area contributed by atoms with Crippen molar-refractivity contribution < 1.29 is 23.4 Å². The predicted molar refractivity (Wildman–Crippen MR) is 66.0 cm³/mol. The summed E-state index contributed by atoms with van der Waals surface area (Å²) in [6.45, 7) is 1.78. The molecule has 4 nitrogen and oxygen atoms in total. The highest BCUT2D eigenvalue weighted by atomic mass is 19.1. The highest BCUT2D eigenvalue weighted by molar-refractivity contribution is 5.94. The molecular weight excluding hydrogens is 256 g/mol. The smallest absolute Gasteiger partial charge is 0.256 e. The average molecular weight is 273 g/mol. The van der Waals surface area contributed by atoms with Crippen LogP contribution in [0.15, 0.2) is 12.1 Å². The van der Waals surface area contributed by atoms with Gasteiger partial charge >= 0.3 is 0 Å². The molecule has 1 amide bonds. The van der Waals surface area contributed by atoms with E-state index in [0.717, 1.165) is 0 Å². The van der Waals surface area contributed by atoms with Crippen molar-refractivity contribution in [1.82, 2.24) is 4.90 Å². The van der Waals surface area contributed by atoms with Crippen LogP contribution in [0, 0.1) is 18.6 Å². The van der Waals surface area contributed by atoms with Crippen molar-refractivity contribution in [3.05, 3.63) is 34.9 Å². The molecule has 0 aliphatic carbocycles. The summed E-state index contributed by atoms with van der Waals surface area (Å²) in [6, 6.07) is 1.86. The molecule has 0 aliphatic rings. The Morgan fingerprint density at radius 3 is 2.58 bits per heavy atom. The van der Waals surface area contributed by atoms with Crippen LogP contribution < -0.4 is 0 Å². The van der Waals surface area contributed by atoms with Crippen molar-refractivity contribution >= 4 is 5.91 Å². The number of aliphatic hydroxyl groups is 1. The molecule has 0 fully saturated rings. The van der Waals surface area contributed by atoms with Crippen LogP contribution in [0.4, 0.5) is 8.78 Å². The molecule has 0 heterocycles. The molecule has 0 radical (unpaired) electrons. The number of aliphatic hydroxyl groups excluding tert-OH is 1. The van der Waals surface area contributed by atoms with Gasteiger partial charge in [0.2, 0.25) is 0 Å². The number of rotatable bonds is 6.